The minimum atomic E-state index is -0.0711. The number of hydrogen-bond donors (Lipinski definition) is 2. The first-order valence-electron chi connectivity index (χ1n) is 7.09. The highest BCUT2D eigenvalue weighted by Crippen LogP contribution is 2.26. The summed E-state index contributed by atoms with van der Waals surface area (Å²) < 4.78 is 0. The second kappa shape index (κ2) is 10.1. The van der Waals surface area contributed by atoms with Crippen LogP contribution in [0.25, 0.3) is 0 Å². The van der Waals surface area contributed by atoms with Crippen molar-refractivity contribution in [3.8, 4) is 11.8 Å². The van der Waals surface area contributed by atoms with E-state index >= 15 is 0 Å². The number of halogens is 1. The van der Waals surface area contributed by atoms with Crippen molar-refractivity contribution in [2.45, 2.75) is 65.2 Å². The molecule has 0 amide bonds. The third kappa shape index (κ3) is 6.28. The predicted molar refractivity (Wildman–Crippen MR) is 84.3 cm³/mol. The third-order valence-corrected chi connectivity index (χ3v) is 3.26. The minimum Gasteiger partial charge on any atom is -0.493 e. The van der Waals surface area contributed by atoms with E-state index in [0.29, 0.717) is 0 Å². The van der Waals surface area contributed by atoms with Crippen molar-refractivity contribution in [2.75, 3.05) is 0 Å². The van der Waals surface area contributed by atoms with Gasteiger partial charge in [0.05, 0.1) is 0 Å². The highest BCUT2D eigenvalue weighted by molar-refractivity contribution is 8.93. The van der Waals surface area contributed by atoms with Gasteiger partial charge in [0, 0.05) is 11.6 Å². The van der Waals surface area contributed by atoms with Gasteiger partial charge in [-0.2, -0.15) is 4.98 Å². The molecule has 0 bridgehead atoms. The van der Waals surface area contributed by atoms with Gasteiger partial charge in [-0.25, -0.2) is 0 Å². The van der Waals surface area contributed by atoms with E-state index in [0.717, 1.165) is 49.7 Å². The lowest BCUT2D eigenvalue weighted by atomic mass is 9.98. The molecule has 0 saturated carbocycles. The van der Waals surface area contributed by atoms with Crippen molar-refractivity contribution in [2.24, 2.45) is 0 Å². The van der Waals surface area contributed by atoms with Crippen LogP contribution in [-0.2, 0) is 12.8 Å². The summed E-state index contributed by atoms with van der Waals surface area (Å²) in [5.41, 5.74) is 1.99. The molecule has 0 aliphatic carbocycles. The van der Waals surface area contributed by atoms with Crippen LogP contribution in [0.1, 0.15) is 63.5 Å². The highest BCUT2D eigenvalue weighted by atomic mass is 79.9. The number of unbranched alkanes of at least 4 members (excludes halogenated alkanes) is 4. The third-order valence-electron chi connectivity index (χ3n) is 3.26. The second-order valence-electron chi connectivity index (χ2n) is 4.86. The Labute approximate surface area is 126 Å². The van der Waals surface area contributed by atoms with Crippen LogP contribution in [0.5, 0.6) is 11.8 Å². The van der Waals surface area contributed by atoms with Gasteiger partial charge in [-0.1, -0.05) is 39.5 Å². The quantitative estimate of drug-likeness (QED) is 0.687. The van der Waals surface area contributed by atoms with Gasteiger partial charge in [0.1, 0.15) is 0 Å². The Balaban J connectivity index is 0.00000324. The Kier molecular flexibility index (Phi) is 9.66. The average molecular weight is 332 g/mol. The molecule has 0 aliphatic heterocycles. The summed E-state index contributed by atoms with van der Waals surface area (Å²) in [6.45, 7) is 4.33. The SMILES string of the molecule is Br.CCCCCc1cc(O)nc(O)c1CCCCC. The van der Waals surface area contributed by atoms with Crippen LogP contribution in [0.4, 0.5) is 0 Å². The maximum atomic E-state index is 9.86. The highest BCUT2D eigenvalue weighted by Gasteiger charge is 2.11. The number of hydrogen-bond acceptors (Lipinski definition) is 3. The molecular formula is C15H26BrNO2. The molecule has 4 heteroatoms. The van der Waals surface area contributed by atoms with Crippen LogP contribution in [-0.4, -0.2) is 15.2 Å². The van der Waals surface area contributed by atoms with Crippen molar-refractivity contribution < 1.29 is 10.2 Å². The number of aromatic nitrogens is 1. The molecule has 3 nitrogen and oxygen atoms in total. The topological polar surface area (TPSA) is 53.4 Å². The van der Waals surface area contributed by atoms with Crippen LogP contribution in [0.3, 0.4) is 0 Å². The summed E-state index contributed by atoms with van der Waals surface area (Å²) in [7, 11) is 0. The lowest BCUT2D eigenvalue weighted by molar-refractivity contribution is 0.406. The Bertz CT molecular complexity index is 369. The van der Waals surface area contributed by atoms with E-state index in [1.165, 1.54) is 12.8 Å². The van der Waals surface area contributed by atoms with Crippen molar-refractivity contribution in [3.63, 3.8) is 0 Å². The van der Waals surface area contributed by atoms with E-state index in [4.69, 9.17) is 0 Å². The molecule has 110 valence electrons. The van der Waals surface area contributed by atoms with Crippen molar-refractivity contribution >= 4 is 17.0 Å². The van der Waals surface area contributed by atoms with Crippen LogP contribution >= 0.6 is 17.0 Å². The lowest BCUT2D eigenvalue weighted by Gasteiger charge is -2.11. The summed E-state index contributed by atoms with van der Waals surface area (Å²) in [6.07, 6.45) is 8.61. The van der Waals surface area contributed by atoms with Crippen LogP contribution < -0.4 is 0 Å². The summed E-state index contributed by atoms with van der Waals surface area (Å²) in [4.78, 5) is 3.75. The van der Waals surface area contributed by atoms with Gasteiger partial charge in [-0.15, -0.1) is 17.0 Å². The van der Waals surface area contributed by atoms with E-state index in [-0.39, 0.29) is 28.7 Å². The van der Waals surface area contributed by atoms with Gasteiger partial charge in [0.15, 0.2) is 0 Å². The number of pyridine rings is 1. The smallest absolute Gasteiger partial charge is 0.217 e. The summed E-state index contributed by atoms with van der Waals surface area (Å²) in [5, 5.41) is 19.3. The zero-order valence-corrected chi connectivity index (χ0v) is 13.7. The summed E-state index contributed by atoms with van der Waals surface area (Å²) in [5.74, 6) is -0.0594. The number of aromatic hydroxyl groups is 2. The molecule has 0 fully saturated rings. The van der Waals surface area contributed by atoms with Gasteiger partial charge in [0.25, 0.3) is 0 Å². The summed E-state index contributed by atoms with van der Waals surface area (Å²) >= 11 is 0. The second-order valence-corrected chi connectivity index (χ2v) is 4.86. The Hall–Kier alpha value is -0.770. The van der Waals surface area contributed by atoms with Gasteiger partial charge in [0.2, 0.25) is 11.8 Å². The molecule has 1 aromatic heterocycles. The lowest BCUT2D eigenvalue weighted by Crippen LogP contribution is -1.98. The first-order valence-corrected chi connectivity index (χ1v) is 7.09. The molecule has 0 aliphatic rings. The van der Waals surface area contributed by atoms with Gasteiger partial charge >= 0.3 is 0 Å². The maximum absolute atomic E-state index is 9.86. The molecule has 2 N–H and O–H groups in total. The fourth-order valence-corrected chi connectivity index (χ4v) is 2.21. The standard InChI is InChI=1S/C15H25NO2.BrH/c1-3-5-7-9-12-11-14(17)16-15(18)13(12)10-8-6-4-2;/h11H,3-10H2,1-2H3,(H2,16,17,18);1H. The fraction of sp³-hybridized carbons (Fsp3) is 0.667. The van der Waals surface area contributed by atoms with E-state index in [1.54, 1.807) is 6.07 Å². The zero-order chi connectivity index (χ0) is 13.4. The van der Waals surface area contributed by atoms with Crippen molar-refractivity contribution in [1.29, 1.82) is 0 Å². The monoisotopic (exact) mass is 331 g/mol. The molecule has 0 spiro atoms. The molecule has 1 heterocycles. The normalized spacial score (nSPS) is 10.2. The number of nitrogens with zero attached hydrogens (tertiary/aromatic N) is 1. The van der Waals surface area contributed by atoms with E-state index in [9.17, 15) is 10.2 Å². The molecule has 1 rings (SSSR count). The molecule has 0 radical (unpaired) electrons. The van der Waals surface area contributed by atoms with E-state index in [2.05, 4.69) is 18.8 Å². The summed E-state index contributed by atoms with van der Waals surface area (Å²) in [6, 6.07) is 1.71. The zero-order valence-electron chi connectivity index (χ0n) is 12.0. The van der Waals surface area contributed by atoms with Crippen molar-refractivity contribution in [1.82, 2.24) is 4.98 Å². The average Bonchev–Trinajstić information content (AvgIpc) is 2.32. The number of rotatable bonds is 8. The van der Waals surface area contributed by atoms with Crippen LogP contribution in [0.15, 0.2) is 6.07 Å². The number of aryl methyl sites for hydroxylation is 1. The first kappa shape index (κ1) is 18.2. The Morgan fingerprint density at radius 3 is 2.11 bits per heavy atom. The molecule has 0 atom stereocenters. The molecule has 0 aromatic carbocycles. The molecule has 1 aromatic rings. The van der Waals surface area contributed by atoms with E-state index < -0.39 is 0 Å². The fourth-order valence-electron chi connectivity index (χ4n) is 2.21. The molecule has 0 saturated heterocycles. The van der Waals surface area contributed by atoms with E-state index in [1.807, 2.05) is 0 Å². The van der Waals surface area contributed by atoms with Crippen LogP contribution in [0, 0.1) is 0 Å². The molecule has 19 heavy (non-hydrogen) atoms. The maximum Gasteiger partial charge on any atom is 0.217 e. The van der Waals surface area contributed by atoms with Gasteiger partial charge < -0.3 is 10.2 Å². The first-order chi connectivity index (χ1) is 8.69. The predicted octanol–water partition coefficient (Wildman–Crippen LogP) is 4.54. The molecule has 0 unspecified atom stereocenters. The molecular weight excluding hydrogens is 306 g/mol. The largest absolute Gasteiger partial charge is 0.493 e. The Morgan fingerprint density at radius 2 is 1.53 bits per heavy atom. The van der Waals surface area contributed by atoms with Gasteiger partial charge in [-0.05, 0) is 31.2 Å². The van der Waals surface area contributed by atoms with Crippen LogP contribution in [0.2, 0.25) is 0 Å². The van der Waals surface area contributed by atoms with Crippen molar-refractivity contribution in [3.05, 3.63) is 17.2 Å². The Morgan fingerprint density at radius 1 is 0.947 bits per heavy atom. The minimum absolute atomic E-state index is 0. The van der Waals surface area contributed by atoms with Gasteiger partial charge in [-0.3, -0.25) is 0 Å².